The molecule has 6 heteroatoms. The van der Waals surface area contributed by atoms with Gasteiger partial charge in [-0.3, -0.25) is 9.59 Å². The standard InChI is InChI=1S/C22H25NO5/c1-14(2)21(25)23-18-9-7-17(8-10-18)20(24)13-27-22(26)16(4)28-19-11-5-15(3)6-12-19/h5-12,14,16H,13H2,1-4H3,(H,23,25). The van der Waals surface area contributed by atoms with Crippen LogP contribution in [-0.2, 0) is 14.3 Å². The quantitative estimate of drug-likeness (QED) is 0.554. The van der Waals surface area contributed by atoms with Crippen molar-refractivity contribution in [3.8, 4) is 5.75 Å². The summed E-state index contributed by atoms with van der Waals surface area (Å²) in [7, 11) is 0. The number of ketones is 1. The van der Waals surface area contributed by atoms with Gasteiger partial charge in [0.05, 0.1) is 0 Å². The molecular weight excluding hydrogens is 358 g/mol. The van der Waals surface area contributed by atoms with Crippen LogP contribution in [-0.4, -0.2) is 30.4 Å². The van der Waals surface area contributed by atoms with Crippen molar-refractivity contribution in [2.24, 2.45) is 5.92 Å². The van der Waals surface area contributed by atoms with Crippen molar-refractivity contribution in [2.45, 2.75) is 33.8 Å². The van der Waals surface area contributed by atoms with Crippen LogP contribution in [0.5, 0.6) is 5.75 Å². The Morgan fingerprint density at radius 1 is 0.929 bits per heavy atom. The first-order valence-electron chi connectivity index (χ1n) is 9.10. The minimum Gasteiger partial charge on any atom is -0.479 e. The largest absolute Gasteiger partial charge is 0.479 e. The Morgan fingerprint density at radius 2 is 1.54 bits per heavy atom. The average molecular weight is 383 g/mol. The van der Waals surface area contributed by atoms with E-state index in [1.54, 1.807) is 57.2 Å². The molecule has 2 aromatic carbocycles. The van der Waals surface area contributed by atoms with Crippen LogP contribution < -0.4 is 10.1 Å². The van der Waals surface area contributed by atoms with Gasteiger partial charge in [-0.15, -0.1) is 0 Å². The third-order valence-corrected chi connectivity index (χ3v) is 4.01. The fraction of sp³-hybridized carbons (Fsp3) is 0.318. The van der Waals surface area contributed by atoms with Gasteiger partial charge in [-0.25, -0.2) is 4.79 Å². The van der Waals surface area contributed by atoms with Gasteiger partial charge in [0.25, 0.3) is 0 Å². The van der Waals surface area contributed by atoms with Crippen molar-refractivity contribution in [1.29, 1.82) is 0 Å². The second-order valence-corrected chi connectivity index (χ2v) is 6.83. The summed E-state index contributed by atoms with van der Waals surface area (Å²) in [4.78, 5) is 35.9. The first kappa shape index (κ1) is 21.2. The van der Waals surface area contributed by atoms with E-state index in [4.69, 9.17) is 9.47 Å². The molecule has 0 aliphatic carbocycles. The van der Waals surface area contributed by atoms with E-state index in [2.05, 4.69) is 5.32 Å². The Labute approximate surface area is 164 Å². The van der Waals surface area contributed by atoms with Crippen molar-refractivity contribution in [2.75, 3.05) is 11.9 Å². The van der Waals surface area contributed by atoms with Gasteiger partial charge in [0.15, 0.2) is 18.5 Å². The van der Waals surface area contributed by atoms with Gasteiger partial charge in [0.1, 0.15) is 5.75 Å². The van der Waals surface area contributed by atoms with Crippen LogP contribution in [0.4, 0.5) is 5.69 Å². The summed E-state index contributed by atoms with van der Waals surface area (Å²) < 4.78 is 10.6. The Bertz CT molecular complexity index is 825. The van der Waals surface area contributed by atoms with Gasteiger partial charge < -0.3 is 14.8 Å². The average Bonchev–Trinajstić information content (AvgIpc) is 2.68. The lowest BCUT2D eigenvalue weighted by atomic mass is 10.1. The molecule has 0 aliphatic heterocycles. The predicted molar refractivity (Wildman–Crippen MR) is 106 cm³/mol. The number of benzene rings is 2. The van der Waals surface area contributed by atoms with Gasteiger partial charge >= 0.3 is 5.97 Å². The van der Waals surface area contributed by atoms with E-state index in [-0.39, 0.29) is 24.2 Å². The van der Waals surface area contributed by atoms with Crippen LogP contribution in [0.3, 0.4) is 0 Å². The molecule has 1 unspecified atom stereocenters. The molecular formula is C22H25NO5. The summed E-state index contributed by atoms with van der Waals surface area (Å²) in [5, 5.41) is 2.75. The van der Waals surface area contributed by atoms with Gasteiger partial charge in [-0.05, 0) is 50.2 Å². The number of rotatable bonds is 8. The zero-order chi connectivity index (χ0) is 20.7. The highest BCUT2D eigenvalue weighted by atomic mass is 16.6. The maximum absolute atomic E-state index is 12.2. The van der Waals surface area contributed by atoms with Crippen molar-refractivity contribution >= 4 is 23.3 Å². The normalized spacial score (nSPS) is 11.6. The highest BCUT2D eigenvalue weighted by Crippen LogP contribution is 2.14. The SMILES string of the molecule is Cc1ccc(OC(C)C(=O)OCC(=O)c2ccc(NC(=O)C(C)C)cc2)cc1. The zero-order valence-electron chi connectivity index (χ0n) is 16.5. The number of hydrogen-bond donors (Lipinski definition) is 1. The Balaban J connectivity index is 1.84. The molecule has 1 amide bonds. The summed E-state index contributed by atoms with van der Waals surface area (Å²) in [5.41, 5.74) is 2.08. The number of Topliss-reactive ketones (excluding diaryl/α,β-unsaturated/α-hetero) is 1. The molecule has 0 spiro atoms. The summed E-state index contributed by atoms with van der Waals surface area (Å²) >= 11 is 0. The number of anilines is 1. The number of nitrogens with one attached hydrogen (secondary N) is 1. The smallest absolute Gasteiger partial charge is 0.347 e. The predicted octanol–water partition coefficient (Wildman–Crippen LogP) is 3.78. The van der Waals surface area contributed by atoms with Crippen LogP contribution in [0.2, 0.25) is 0 Å². The molecule has 0 saturated carbocycles. The lowest BCUT2D eigenvalue weighted by Gasteiger charge is -2.14. The molecule has 6 nitrogen and oxygen atoms in total. The Morgan fingerprint density at radius 3 is 2.11 bits per heavy atom. The second kappa shape index (κ2) is 9.69. The van der Waals surface area contributed by atoms with E-state index in [1.165, 1.54) is 0 Å². The topological polar surface area (TPSA) is 81.7 Å². The molecule has 0 heterocycles. The molecule has 0 fully saturated rings. The van der Waals surface area contributed by atoms with Crippen LogP contribution in [0.1, 0.15) is 36.7 Å². The first-order chi connectivity index (χ1) is 13.3. The minimum absolute atomic E-state index is 0.101. The van der Waals surface area contributed by atoms with Crippen molar-refractivity contribution < 1.29 is 23.9 Å². The van der Waals surface area contributed by atoms with Crippen molar-refractivity contribution in [1.82, 2.24) is 0 Å². The first-order valence-corrected chi connectivity index (χ1v) is 9.10. The van der Waals surface area contributed by atoms with Gasteiger partial charge in [0, 0.05) is 17.2 Å². The summed E-state index contributed by atoms with van der Waals surface area (Å²) in [5.74, 6) is -0.631. The fourth-order valence-electron chi connectivity index (χ4n) is 2.23. The van der Waals surface area contributed by atoms with Crippen LogP contribution in [0.25, 0.3) is 0 Å². The zero-order valence-corrected chi connectivity index (χ0v) is 16.5. The lowest BCUT2D eigenvalue weighted by Crippen LogP contribution is -2.28. The molecule has 0 bridgehead atoms. The van der Waals surface area contributed by atoms with Crippen molar-refractivity contribution in [3.05, 3.63) is 59.7 Å². The summed E-state index contributed by atoms with van der Waals surface area (Å²) in [6, 6.07) is 13.7. The van der Waals surface area contributed by atoms with E-state index in [9.17, 15) is 14.4 Å². The number of carbonyl (C=O) groups is 3. The number of hydrogen-bond acceptors (Lipinski definition) is 5. The minimum atomic E-state index is -0.830. The third-order valence-electron chi connectivity index (χ3n) is 4.01. The van der Waals surface area contributed by atoms with E-state index < -0.39 is 12.1 Å². The van der Waals surface area contributed by atoms with Crippen LogP contribution >= 0.6 is 0 Å². The van der Waals surface area contributed by atoms with Gasteiger partial charge in [0.2, 0.25) is 5.91 Å². The lowest BCUT2D eigenvalue weighted by molar-refractivity contribution is -0.149. The molecule has 2 rings (SSSR count). The number of amides is 1. The molecule has 2 aromatic rings. The molecule has 1 N–H and O–H groups in total. The number of ether oxygens (including phenoxy) is 2. The van der Waals surface area contributed by atoms with E-state index in [1.807, 2.05) is 19.1 Å². The molecule has 0 radical (unpaired) electrons. The Kier molecular flexibility index (Phi) is 7.32. The van der Waals surface area contributed by atoms with Crippen molar-refractivity contribution in [3.63, 3.8) is 0 Å². The molecule has 28 heavy (non-hydrogen) atoms. The van der Waals surface area contributed by atoms with Crippen LogP contribution in [0, 0.1) is 12.8 Å². The molecule has 0 saturated heterocycles. The van der Waals surface area contributed by atoms with E-state index in [0.29, 0.717) is 17.0 Å². The van der Waals surface area contributed by atoms with Gasteiger partial charge in [-0.2, -0.15) is 0 Å². The summed E-state index contributed by atoms with van der Waals surface area (Å²) in [6.07, 6.45) is -0.830. The number of carbonyl (C=O) groups excluding carboxylic acids is 3. The molecule has 1 atom stereocenters. The van der Waals surface area contributed by atoms with E-state index >= 15 is 0 Å². The molecule has 0 aliphatic rings. The molecule has 0 aromatic heterocycles. The summed E-state index contributed by atoms with van der Waals surface area (Å²) in [6.45, 7) is 6.74. The highest BCUT2D eigenvalue weighted by molar-refractivity contribution is 5.99. The maximum atomic E-state index is 12.2. The number of aryl methyl sites for hydroxylation is 1. The third kappa shape index (κ3) is 6.23. The highest BCUT2D eigenvalue weighted by Gasteiger charge is 2.18. The van der Waals surface area contributed by atoms with Crippen LogP contribution in [0.15, 0.2) is 48.5 Å². The second-order valence-electron chi connectivity index (χ2n) is 6.83. The fourth-order valence-corrected chi connectivity index (χ4v) is 2.23. The number of esters is 1. The Hall–Kier alpha value is -3.15. The maximum Gasteiger partial charge on any atom is 0.347 e. The van der Waals surface area contributed by atoms with E-state index in [0.717, 1.165) is 5.56 Å². The molecule has 148 valence electrons. The monoisotopic (exact) mass is 383 g/mol. The van der Waals surface area contributed by atoms with Gasteiger partial charge in [-0.1, -0.05) is 31.5 Å².